The minimum absolute atomic E-state index is 0.0280. The smallest absolute Gasteiger partial charge is 0.342 e. The fourth-order valence-corrected chi connectivity index (χ4v) is 2.03. The second kappa shape index (κ2) is 7.97. The third-order valence-electron chi connectivity index (χ3n) is 3.19. The molecule has 2 aromatic rings. The quantitative estimate of drug-likeness (QED) is 0.268. The van der Waals surface area contributed by atoms with Crippen LogP contribution < -0.4 is 0 Å². The van der Waals surface area contributed by atoms with E-state index >= 15 is 0 Å². The van der Waals surface area contributed by atoms with Crippen LogP contribution in [0.5, 0.6) is 0 Å². The number of Topliss-reactive ketones (excluding diaryl/α,β-unsaturated/α-hetero) is 1. The molecule has 0 aromatic heterocycles. The molecule has 122 valence electrons. The molecule has 0 aliphatic carbocycles. The minimum atomic E-state index is -0.963. The zero-order valence-electron chi connectivity index (χ0n) is 13.0. The van der Waals surface area contributed by atoms with Gasteiger partial charge < -0.3 is 4.74 Å². The summed E-state index contributed by atoms with van der Waals surface area (Å²) < 4.78 is 18.6. The molecule has 0 amide bonds. The number of hydrogen-bond acceptors (Lipinski definition) is 4. The number of hydrogen-bond donors (Lipinski definition) is 0. The molecule has 0 aliphatic heterocycles. The van der Waals surface area contributed by atoms with Crippen molar-refractivity contribution in [3.8, 4) is 0 Å². The van der Waals surface area contributed by atoms with Gasteiger partial charge in [-0.25, -0.2) is 9.18 Å². The van der Waals surface area contributed by atoms with Gasteiger partial charge in [-0.1, -0.05) is 42.5 Å². The fourth-order valence-electron chi connectivity index (χ4n) is 2.03. The summed E-state index contributed by atoms with van der Waals surface area (Å²) in [5, 5.41) is 0. The Hall–Kier alpha value is -3.08. The van der Waals surface area contributed by atoms with Crippen LogP contribution in [0.2, 0.25) is 0 Å². The van der Waals surface area contributed by atoms with E-state index in [1.807, 2.05) is 0 Å². The van der Waals surface area contributed by atoms with Crippen molar-refractivity contribution >= 4 is 17.5 Å². The standard InChI is InChI=1S/C19H15FO4/c1-2-24-19(23)15(12-17(21)13-8-4-3-5-9-13)18(22)14-10-6-7-11-16(14)20/h3-12H,2H2,1H3/b15-12+. The fraction of sp³-hybridized carbons (Fsp3) is 0.105. The molecule has 0 saturated carbocycles. The molecule has 0 unspecified atom stereocenters. The number of carbonyl (C=O) groups is 3. The number of halogens is 1. The van der Waals surface area contributed by atoms with Gasteiger partial charge in [-0.2, -0.15) is 0 Å². The van der Waals surface area contributed by atoms with Crippen LogP contribution in [0.1, 0.15) is 27.6 Å². The third kappa shape index (κ3) is 4.01. The molecule has 0 fully saturated rings. The number of ketones is 2. The first-order valence-electron chi connectivity index (χ1n) is 7.32. The summed E-state index contributed by atoms with van der Waals surface area (Å²) in [7, 11) is 0. The molecule has 0 spiro atoms. The van der Waals surface area contributed by atoms with Crippen LogP contribution in [0.15, 0.2) is 66.2 Å². The van der Waals surface area contributed by atoms with E-state index in [-0.39, 0.29) is 12.2 Å². The molecule has 2 aromatic carbocycles. The van der Waals surface area contributed by atoms with Crippen LogP contribution in [-0.4, -0.2) is 24.1 Å². The largest absolute Gasteiger partial charge is 0.462 e. The van der Waals surface area contributed by atoms with Crippen molar-refractivity contribution in [2.75, 3.05) is 6.61 Å². The average molecular weight is 326 g/mol. The zero-order chi connectivity index (χ0) is 17.5. The summed E-state index contributed by atoms with van der Waals surface area (Å²) in [6.45, 7) is 1.60. The van der Waals surface area contributed by atoms with Gasteiger partial charge in [0.2, 0.25) is 5.78 Å². The van der Waals surface area contributed by atoms with Crippen LogP contribution in [0.3, 0.4) is 0 Å². The van der Waals surface area contributed by atoms with E-state index in [1.165, 1.54) is 18.2 Å². The van der Waals surface area contributed by atoms with Gasteiger partial charge in [0.15, 0.2) is 5.78 Å². The molecule has 2 rings (SSSR count). The summed E-state index contributed by atoms with van der Waals surface area (Å²) in [4.78, 5) is 36.8. The van der Waals surface area contributed by atoms with Gasteiger partial charge >= 0.3 is 5.97 Å². The van der Waals surface area contributed by atoms with Gasteiger partial charge in [-0.3, -0.25) is 9.59 Å². The first kappa shape index (κ1) is 17.3. The molecule has 0 bridgehead atoms. The molecular weight excluding hydrogens is 311 g/mol. The van der Waals surface area contributed by atoms with Gasteiger partial charge in [0.25, 0.3) is 0 Å². The lowest BCUT2D eigenvalue weighted by atomic mass is 10.00. The predicted molar refractivity (Wildman–Crippen MR) is 86.2 cm³/mol. The molecule has 4 nitrogen and oxygen atoms in total. The highest BCUT2D eigenvalue weighted by Gasteiger charge is 2.24. The lowest BCUT2D eigenvalue weighted by molar-refractivity contribution is -0.138. The van der Waals surface area contributed by atoms with Crippen molar-refractivity contribution in [2.24, 2.45) is 0 Å². The van der Waals surface area contributed by atoms with E-state index in [4.69, 9.17) is 4.74 Å². The van der Waals surface area contributed by atoms with Gasteiger partial charge in [-0.05, 0) is 19.1 Å². The van der Waals surface area contributed by atoms with Gasteiger partial charge in [0.1, 0.15) is 11.4 Å². The van der Waals surface area contributed by atoms with Crippen molar-refractivity contribution in [1.82, 2.24) is 0 Å². The van der Waals surface area contributed by atoms with E-state index in [1.54, 1.807) is 37.3 Å². The Morgan fingerprint density at radius 3 is 2.25 bits per heavy atom. The molecular formula is C19H15FO4. The van der Waals surface area contributed by atoms with Crippen LogP contribution in [-0.2, 0) is 9.53 Å². The lowest BCUT2D eigenvalue weighted by Crippen LogP contribution is -2.18. The van der Waals surface area contributed by atoms with E-state index in [0.717, 1.165) is 12.1 Å². The molecule has 0 radical (unpaired) electrons. The van der Waals surface area contributed by atoms with Gasteiger partial charge in [0, 0.05) is 11.6 Å². The molecule has 0 atom stereocenters. The Kier molecular flexibility index (Phi) is 5.73. The van der Waals surface area contributed by atoms with Gasteiger partial charge in [0.05, 0.1) is 12.2 Å². The normalized spacial score (nSPS) is 11.0. The summed E-state index contributed by atoms with van der Waals surface area (Å²) >= 11 is 0. The molecule has 0 aliphatic rings. The maximum atomic E-state index is 13.8. The summed E-state index contributed by atoms with van der Waals surface area (Å²) in [5.74, 6) is -3.17. The maximum absolute atomic E-state index is 13.8. The first-order valence-corrected chi connectivity index (χ1v) is 7.32. The minimum Gasteiger partial charge on any atom is -0.462 e. The second-order valence-corrected chi connectivity index (χ2v) is 4.82. The molecule has 0 N–H and O–H groups in total. The van der Waals surface area contributed by atoms with E-state index in [2.05, 4.69) is 0 Å². The van der Waals surface area contributed by atoms with Crippen molar-refractivity contribution in [1.29, 1.82) is 0 Å². The van der Waals surface area contributed by atoms with Gasteiger partial charge in [-0.15, -0.1) is 0 Å². The van der Waals surface area contributed by atoms with Crippen LogP contribution >= 0.6 is 0 Å². The van der Waals surface area contributed by atoms with Crippen molar-refractivity contribution < 1.29 is 23.5 Å². The SMILES string of the molecule is CCOC(=O)/C(=C/C(=O)c1ccccc1)C(=O)c1ccccc1F. The van der Waals surface area contributed by atoms with Crippen LogP contribution in [0.4, 0.5) is 4.39 Å². The third-order valence-corrected chi connectivity index (χ3v) is 3.19. The average Bonchev–Trinajstić information content (AvgIpc) is 2.60. The highest BCUT2D eigenvalue weighted by molar-refractivity contribution is 6.27. The second-order valence-electron chi connectivity index (χ2n) is 4.82. The maximum Gasteiger partial charge on any atom is 0.342 e. The monoisotopic (exact) mass is 326 g/mol. The number of ether oxygens (including phenoxy) is 1. The molecule has 0 heterocycles. The lowest BCUT2D eigenvalue weighted by Gasteiger charge is -2.07. The Bertz CT molecular complexity index is 794. The topological polar surface area (TPSA) is 60.4 Å². The van der Waals surface area contributed by atoms with E-state index < -0.39 is 28.9 Å². The number of allylic oxidation sites excluding steroid dienone is 1. The van der Waals surface area contributed by atoms with Crippen molar-refractivity contribution in [2.45, 2.75) is 6.92 Å². The summed E-state index contributed by atoms with van der Waals surface area (Å²) in [6.07, 6.45) is 0.891. The zero-order valence-corrected chi connectivity index (χ0v) is 13.0. The summed E-state index contributed by atoms with van der Waals surface area (Å²) in [6, 6.07) is 13.4. The Labute approximate surface area is 138 Å². The van der Waals surface area contributed by atoms with Crippen molar-refractivity contribution in [3.05, 3.63) is 83.2 Å². The summed E-state index contributed by atoms with van der Waals surface area (Å²) in [5.41, 5.74) is -0.492. The van der Waals surface area contributed by atoms with Crippen LogP contribution in [0, 0.1) is 5.82 Å². The Morgan fingerprint density at radius 1 is 1.00 bits per heavy atom. The van der Waals surface area contributed by atoms with E-state index in [0.29, 0.717) is 5.56 Å². The highest BCUT2D eigenvalue weighted by Crippen LogP contribution is 2.15. The highest BCUT2D eigenvalue weighted by atomic mass is 19.1. The molecule has 24 heavy (non-hydrogen) atoms. The van der Waals surface area contributed by atoms with E-state index in [9.17, 15) is 18.8 Å². The number of benzene rings is 2. The van der Waals surface area contributed by atoms with Crippen molar-refractivity contribution in [3.63, 3.8) is 0 Å². The number of carbonyl (C=O) groups excluding carboxylic acids is 3. The predicted octanol–water partition coefficient (Wildman–Crippen LogP) is 3.38. The Balaban J connectivity index is 2.44. The number of esters is 1. The Morgan fingerprint density at radius 2 is 1.62 bits per heavy atom. The molecule has 0 saturated heterocycles. The van der Waals surface area contributed by atoms with Crippen LogP contribution in [0.25, 0.3) is 0 Å². The number of rotatable bonds is 6. The first-order chi connectivity index (χ1) is 11.5. The molecule has 5 heteroatoms.